The smallest absolute Gasteiger partial charge is 0.0991 e. The van der Waals surface area contributed by atoms with Crippen LogP contribution in [-0.4, -0.2) is 0 Å². The van der Waals surface area contributed by atoms with Gasteiger partial charge in [-0.05, 0) is 167 Å². The highest BCUT2D eigenvalue weighted by Crippen LogP contribution is 2.51. The van der Waals surface area contributed by atoms with Gasteiger partial charge in [-0.25, -0.2) is 0 Å². The molecule has 1 aliphatic carbocycles. The van der Waals surface area contributed by atoms with Crippen LogP contribution in [0.15, 0.2) is 127 Å². The van der Waals surface area contributed by atoms with Crippen molar-refractivity contribution < 1.29 is 0 Å². The van der Waals surface area contributed by atoms with Crippen molar-refractivity contribution in [1.29, 1.82) is 10.5 Å². The lowest BCUT2D eigenvalue weighted by atomic mass is 9.83. The predicted molar refractivity (Wildman–Crippen MR) is 241 cm³/mol. The summed E-state index contributed by atoms with van der Waals surface area (Å²) in [5.41, 5.74) is 14.2. The van der Waals surface area contributed by atoms with Crippen molar-refractivity contribution in [3.63, 3.8) is 0 Å². The second-order valence-electron chi connectivity index (χ2n) is 16.8. The van der Waals surface area contributed by atoms with E-state index in [1.54, 1.807) is 0 Å². The molecule has 0 spiro atoms. The first kappa shape index (κ1) is 37.6. The molecule has 0 aliphatic heterocycles. The third-order valence-corrected chi connectivity index (χ3v) is 12.2. The van der Waals surface area contributed by atoms with Gasteiger partial charge in [0.15, 0.2) is 0 Å². The van der Waals surface area contributed by atoms with Crippen LogP contribution in [0.2, 0.25) is 0 Å². The molecular weight excluding hydrogens is 693 g/mol. The van der Waals surface area contributed by atoms with E-state index in [4.69, 9.17) is 0 Å². The average Bonchev–Trinajstić information content (AvgIpc) is 3.19. The third kappa shape index (κ3) is 6.50. The monoisotopic (exact) mass is 742 g/mol. The van der Waals surface area contributed by atoms with Crippen molar-refractivity contribution in [2.45, 2.75) is 74.1 Å². The van der Waals surface area contributed by atoms with E-state index in [-0.39, 0.29) is 11.8 Å². The number of nitriles is 2. The minimum Gasteiger partial charge on any atom is -0.310 e. The lowest BCUT2D eigenvalue weighted by molar-refractivity contribution is 0.518. The number of aryl methyl sites for hydroxylation is 2. The first-order chi connectivity index (χ1) is 27.4. The highest BCUT2D eigenvalue weighted by atomic mass is 15.2. The van der Waals surface area contributed by atoms with Gasteiger partial charge in [-0.3, -0.25) is 0 Å². The van der Waals surface area contributed by atoms with Crippen LogP contribution in [0.4, 0.5) is 28.4 Å². The minimum absolute atomic E-state index is 0.263. The maximum absolute atomic E-state index is 9.75. The maximum Gasteiger partial charge on any atom is 0.0991 e. The van der Waals surface area contributed by atoms with Crippen molar-refractivity contribution in [2.75, 3.05) is 9.80 Å². The third-order valence-electron chi connectivity index (χ3n) is 12.2. The van der Waals surface area contributed by atoms with Crippen LogP contribution < -0.4 is 9.80 Å². The van der Waals surface area contributed by atoms with Crippen molar-refractivity contribution in [3.05, 3.63) is 160 Å². The molecular formula is C53H50N4. The van der Waals surface area contributed by atoms with E-state index in [1.165, 1.54) is 60.1 Å². The fourth-order valence-electron chi connectivity index (χ4n) is 9.02. The molecule has 0 N–H and O–H groups in total. The molecule has 4 nitrogen and oxygen atoms in total. The molecule has 0 bridgehead atoms. The second-order valence-corrected chi connectivity index (χ2v) is 16.8. The molecule has 1 aliphatic rings. The SMILES string of the molecule is CC1=CC(N(c2ccc(C#N)cc2)c2cc(C(C)C)c3ccc4c(N(c5ccc(C#N)cc5)c5cc(C)cc(C)c5)cc(C(C)C)c5ccc2c3c54)=CC(C)C1C. The molecule has 0 saturated heterocycles. The summed E-state index contributed by atoms with van der Waals surface area (Å²) in [5, 5.41) is 26.9. The fraction of sp³-hybridized carbons (Fsp3) is 0.245. The molecule has 57 heavy (non-hydrogen) atoms. The number of allylic oxidation sites excluding steroid dienone is 3. The molecule has 0 amide bonds. The van der Waals surface area contributed by atoms with Gasteiger partial charge in [-0.2, -0.15) is 10.5 Å². The molecule has 0 saturated carbocycles. The Morgan fingerprint density at radius 3 is 1.40 bits per heavy atom. The second kappa shape index (κ2) is 14.6. The average molecular weight is 743 g/mol. The lowest BCUT2D eigenvalue weighted by Crippen LogP contribution is -2.22. The molecule has 8 rings (SSSR count). The highest BCUT2D eigenvalue weighted by Gasteiger charge is 2.28. The first-order valence-electron chi connectivity index (χ1n) is 20.3. The Labute approximate surface area is 337 Å². The zero-order valence-electron chi connectivity index (χ0n) is 34.6. The van der Waals surface area contributed by atoms with Gasteiger partial charge in [0.05, 0.1) is 34.6 Å². The van der Waals surface area contributed by atoms with E-state index in [2.05, 4.69) is 175 Å². The van der Waals surface area contributed by atoms with Crippen LogP contribution >= 0.6 is 0 Å². The largest absolute Gasteiger partial charge is 0.310 e. The van der Waals surface area contributed by atoms with E-state index >= 15 is 0 Å². The van der Waals surface area contributed by atoms with Crippen LogP contribution in [0.25, 0.3) is 32.3 Å². The topological polar surface area (TPSA) is 54.1 Å². The number of benzene rings is 7. The van der Waals surface area contributed by atoms with Crippen molar-refractivity contribution in [3.8, 4) is 12.1 Å². The van der Waals surface area contributed by atoms with Gasteiger partial charge < -0.3 is 9.80 Å². The van der Waals surface area contributed by atoms with E-state index in [0.29, 0.717) is 23.0 Å². The molecule has 0 radical (unpaired) electrons. The van der Waals surface area contributed by atoms with Crippen LogP contribution in [0.3, 0.4) is 0 Å². The summed E-state index contributed by atoms with van der Waals surface area (Å²) in [6.45, 7) is 20.4. The van der Waals surface area contributed by atoms with Gasteiger partial charge in [0.1, 0.15) is 0 Å². The molecule has 2 atom stereocenters. The summed E-state index contributed by atoms with van der Waals surface area (Å²) in [6.07, 6.45) is 4.77. The summed E-state index contributed by atoms with van der Waals surface area (Å²) in [5.74, 6) is 1.35. The Hall–Kier alpha value is -6.36. The van der Waals surface area contributed by atoms with Crippen LogP contribution in [0, 0.1) is 48.3 Å². The molecule has 0 heterocycles. The molecule has 282 valence electrons. The molecule has 2 unspecified atom stereocenters. The molecule has 7 aromatic carbocycles. The van der Waals surface area contributed by atoms with Gasteiger partial charge in [0.25, 0.3) is 0 Å². The number of rotatable bonds is 8. The number of hydrogen-bond acceptors (Lipinski definition) is 4. The predicted octanol–water partition coefficient (Wildman–Crippen LogP) is 14.9. The van der Waals surface area contributed by atoms with Gasteiger partial charge in [0.2, 0.25) is 0 Å². The number of nitrogens with zero attached hydrogens (tertiary/aromatic N) is 4. The van der Waals surface area contributed by atoms with E-state index in [0.717, 1.165) is 34.1 Å². The molecule has 7 aromatic rings. The lowest BCUT2D eigenvalue weighted by Gasteiger charge is -2.34. The number of hydrogen-bond donors (Lipinski definition) is 0. The van der Waals surface area contributed by atoms with Crippen molar-refractivity contribution >= 4 is 60.8 Å². The maximum atomic E-state index is 9.75. The Balaban J connectivity index is 1.51. The Bertz CT molecular complexity index is 2800. The van der Waals surface area contributed by atoms with E-state index in [1.807, 2.05) is 24.3 Å². The quantitative estimate of drug-likeness (QED) is 0.146. The Morgan fingerprint density at radius 2 is 0.965 bits per heavy atom. The molecule has 4 heteroatoms. The van der Waals surface area contributed by atoms with E-state index in [9.17, 15) is 10.5 Å². The van der Waals surface area contributed by atoms with Crippen molar-refractivity contribution in [1.82, 2.24) is 0 Å². The van der Waals surface area contributed by atoms with Crippen LogP contribution in [-0.2, 0) is 0 Å². The summed E-state index contributed by atoms with van der Waals surface area (Å²) in [7, 11) is 0. The minimum atomic E-state index is 0.263. The normalized spacial score (nSPS) is 15.6. The molecule has 0 aromatic heterocycles. The van der Waals surface area contributed by atoms with Gasteiger partial charge in [0, 0.05) is 33.5 Å². The van der Waals surface area contributed by atoms with Crippen LogP contribution in [0.5, 0.6) is 0 Å². The fourth-order valence-corrected chi connectivity index (χ4v) is 9.02. The van der Waals surface area contributed by atoms with Gasteiger partial charge in [-0.15, -0.1) is 0 Å². The van der Waals surface area contributed by atoms with Gasteiger partial charge >= 0.3 is 0 Å². The molecule has 0 fully saturated rings. The highest BCUT2D eigenvalue weighted by molar-refractivity contribution is 6.29. The Morgan fingerprint density at radius 1 is 0.526 bits per heavy atom. The van der Waals surface area contributed by atoms with Gasteiger partial charge in [-0.1, -0.05) is 83.5 Å². The Kier molecular flexibility index (Phi) is 9.63. The number of anilines is 5. The first-order valence-corrected chi connectivity index (χ1v) is 20.3. The standard InChI is InChI=1S/C53H50N4/c1-31(2)48-27-50(56(40-14-10-38(29-54)11-15-40)42-23-33(5)22-34(6)24-42)46-20-18-45-49(32(3)4)28-51(47-21-19-44(48)52(46)53(45)47)57(41-16-12-39(30-55)13-17-41)43-25-35(7)37(9)36(8)26-43/h10-28,31-32,35,37H,1-9H3. The summed E-state index contributed by atoms with van der Waals surface area (Å²) >= 11 is 0. The van der Waals surface area contributed by atoms with E-state index < -0.39 is 0 Å². The summed E-state index contributed by atoms with van der Waals surface area (Å²) in [4.78, 5) is 4.81. The van der Waals surface area contributed by atoms with Crippen LogP contribution in [0.1, 0.15) is 93.7 Å². The van der Waals surface area contributed by atoms with Crippen molar-refractivity contribution in [2.24, 2.45) is 11.8 Å². The summed E-state index contributed by atoms with van der Waals surface area (Å²) in [6, 6.07) is 41.6. The summed E-state index contributed by atoms with van der Waals surface area (Å²) < 4.78 is 0. The zero-order valence-corrected chi connectivity index (χ0v) is 34.6. The zero-order chi connectivity index (χ0) is 40.3.